The van der Waals surface area contributed by atoms with E-state index < -0.39 is 12.0 Å². The molecule has 0 saturated carbocycles. The molecule has 2 atom stereocenters. The highest BCUT2D eigenvalue weighted by Crippen LogP contribution is 2.20. The number of rotatable bonds is 8. The lowest BCUT2D eigenvalue weighted by Crippen LogP contribution is -2.45. The van der Waals surface area contributed by atoms with Crippen molar-refractivity contribution < 1.29 is 14.7 Å². The number of carbonyl (C=O) groups excluding carboxylic acids is 1. The number of carbonyl (C=O) groups is 2. The monoisotopic (exact) mass is 408 g/mol. The van der Waals surface area contributed by atoms with E-state index in [-0.39, 0.29) is 11.8 Å². The van der Waals surface area contributed by atoms with Gasteiger partial charge in [-0.25, -0.2) is 14.8 Å². The number of benzene rings is 1. The molecule has 1 aromatic carbocycles. The average Bonchev–Trinajstić information content (AvgIpc) is 3.10. The fourth-order valence-corrected chi connectivity index (χ4v) is 3.47. The number of carboxylic acids is 1. The molecule has 1 amide bonds. The van der Waals surface area contributed by atoms with E-state index in [0.717, 1.165) is 34.5 Å². The lowest BCUT2D eigenvalue weighted by Gasteiger charge is -2.20. The molecular weight excluding hydrogens is 380 g/mol. The van der Waals surface area contributed by atoms with Crippen LogP contribution in [-0.4, -0.2) is 37.6 Å². The number of hydrogen-bond acceptors (Lipinski definition) is 4. The van der Waals surface area contributed by atoms with Crippen LogP contribution in [0.3, 0.4) is 0 Å². The van der Waals surface area contributed by atoms with Crippen molar-refractivity contribution in [2.45, 2.75) is 53.1 Å². The fraction of sp³-hybridized carbons (Fsp3) is 0.391. The van der Waals surface area contributed by atoms with Gasteiger partial charge in [-0.1, -0.05) is 39.3 Å². The van der Waals surface area contributed by atoms with Gasteiger partial charge in [-0.15, -0.1) is 0 Å². The molecule has 3 aromatic rings. The predicted octanol–water partition coefficient (Wildman–Crippen LogP) is 3.58. The van der Waals surface area contributed by atoms with Gasteiger partial charge in [-0.05, 0) is 42.2 Å². The zero-order valence-electron chi connectivity index (χ0n) is 17.8. The van der Waals surface area contributed by atoms with Gasteiger partial charge in [0.15, 0.2) is 5.65 Å². The second kappa shape index (κ2) is 9.07. The summed E-state index contributed by atoms with van der Waals surface area (Å²) in [5.74, 6) is -0.583. The maximum atomic E-state index is 12.5. The highest BCUT2D eigenvalue weighted by atomic mass is 16.4. The molecular formula is C23H28N4O3. The van der Waals surface area contributed by atoms with Gasteiger partial charge in [0.25, 0.3) is 5.91 Å². The molecule has 0 bridgehead atoms. The maximum Gasteiger partial charge on any atom is 0.326 e. The summed E-state index contributed by atoms with van der Waals surface area (Å²) < 4.78 is 2.10. The third kappa shape index (κ3) is 4.35. The van der Waals surface area contributed by atoms with Crippen molar-refractivity contribution in [3.05, 3.63) is 59.0 Å². The smallest absolute Gasteiger partial charge is 0.326 e. The summed E-state index contributed by atoms with van der Waals surface area (Å²) in [7, 11) is 0. The number of nitrogens with one attached hydrogen (secondary N) is 1. The summed E-state index contributed by atoms with van der Waals surface area (Å²) in [6.07, 6.45) is 3.25. The fourth-order valence-electron chi connectivity index (χ4n) is 3.47. The lowest BCUT2D eigenvalue weighted by atomic mass is 9.99. The van der Waals surface area contributed by atoms with E-state index in [2.05, 4.69) is 21.8 Å². The number of imidazole rings is 1. The van der Waals surface area contributed by atoms with E-state index in [9.17, 15) is 14.7 Å². The van der Waals surface area contributed by atoms with Gasteiger partial charge in [-0.2, -0.15) is 0 Å². The number of aliphatic carboxylic acids is 1. The molecule has 2 N–H and O–H groups in total. The molecule has 7 heteroatoms. The number of hydrogen-bond donors (Lipinski definition) is 2. The molecule has 158 valence electrons. The number of aromatic nitrogens is 3. The number of carboxylic acid groups (broad SMARTS) is 1. The number of nitrogens with zero attached hydrogens (tertiary/aromatic N) is 3. The summed E-state index contributed by atoms with van der Waals surface area (Å²) in [4.78, 5) is 33.2. The van der Waals surface area contributed by atoms with Crippen LogP contribution in [-0.2, 0) is 17.8 Å². The molecule has 0 unspecified atom stereocenters. The van der Waals surface area contributed by atoms with E-state index in [1.54, 1.807) is 18.3 Å². The molecule has 0 spiro atoms. The van der Waals surface area contributed by atoms with Gasteiger partial charge < -0.3 is 15.0 Å². The van der Waals surface area contributed by atoms with Crippen LogP contribution in [0, 0.1) is 12.8 Å². The lowest BCUT2D eigenvalue weighted by molar-refractivity contribution is -0.140. The van der Waals surface area contributed by atoms with Gasteiger partial charge >= 0.3 is 5.97 Å². The van der Waals surface area contributed by atoms with Gasteiger partial charge in [0, 0.05) is 18.2 Å². The zero-order chi connectivity index (χ0) is 21.8. The first-order valence-corrected chi connectivity index (χ1v) is 10.3. The molecule has 0 fully saturated rings. The third-order valence-electron chi connectivity index (χ3n) is 5.55. The van der Waals surface area contributed by atoms with Crippen molar-refractivity contribution in [2.75, 3.05) is 0 Å². The normalized spacial score (nSPS) is 13.2. The minimum absolute atomic E-state index is 0.149. The molecule has 0 saturated heterocycles. The van der Waals surface area contributed by atoms with Crippen LogP contribution < -0.4 is 5.32 Å². The van der Waals surface area contributed by atoms with Crippen LogP contribution in [0.1, 0.15) is 54.5 Å². The Hall–Kier alpha value is -3.22. The van der Waals surface area contributed by atoms with E-state index in [1.807, 2.05) is 39.0 Å². The van der Waals surface area contributed by atoms with Crippen molar-refractivity contribution >= 4 is 23.0 Å². The number of amides is 1. The summed E-state index contributed by atoms with van der Waals surface area (Å²) in [6, 6.07) is 8.27. The SMILES string of the molecule is CCc1nc2c(C)ccnc2n1Cc1ccc(C(=O)N[C@H](C(=O)O)[C@@H](C)CC)cc1. The Bertz CT molecular complexity index is 1060. The second-order valence-electron chi connectivity index (χ2n) is 7.64. The van der Waals surface area contributed by atoms with Crippen LogP contribution in [0.25, 0.3) is 11.2 Å². The Morgan fingerprint density at radius 3 is 2.47 bits per heavy atom. The Morgan fingerprint density at radius 1 is 1.17 bits per heavy atom. The molecule has 7 nitrogen and oxygen atoms in total. The third-order valence-corrected chi connectivity index (χ3v) is 5.55. The molecule has 2 aromatic heterocycles. The first-order valence-electron chi connectivity index (χ1n) is 10.3. The molecule has 0 aliphatic heterocycles. The van der Waals surface area contributed by atoms with Crippen LogP contribution in [0.5, 0.6) is 0 Å². The quantitative estimate of drug-likeness (QED) is 0.594. The first kappa shape index (κ1) is 21.5. The van der Waals surface area contributed by atoms with E-state index in [4.69, 9.17) is 4.98 Å². The summed E-state index contributed by atoms with van der Waals surface area (Å²) in [5, 5.41) is 12.0. The van der Waals surface area contributed by atoms with Crippen LogP contribution in [0.2, 0.25) is 0 Å². The summed E-state index contributed by atoms with van der Waals surface area (Å²) in [5.41, 5.74) is 4.31. The molecule has 0 aliphatic carbocycles. The number of fused-ring (bicyclic) bond motifs is 1. The van der Waals surface area contributed by atoms with Crippen LogP contribution >= 0.6 is 0 Å². The minimum Gasteiger partial charge on any atom is -0.480 e. The Labute approximate surface area is 176 Å². The number of pyridine rings is 1. The Balaban J connectivity index is 1.80. The van der Waals surface area contributed by atoms with Crippen molar-refractivity contribution in [3.8, 4) is 0 Å². The van der Waals surface area contributed by atoms with Gasteiger partial charge in [-0.3, -0.25) is 4.79 Å². The van der Waals surface area contributed by atoms with Crippen molar-refractivity contribution in [1.82, 2.24) is 19.9 Å². The minimum atomic E-state index is -1.02. The summed E-state index contributed by atoms with van der Waals surface area (Å²) >= 11 is 0. The van der Waals surface area contributed by atoms with Crippen molar-refractivity contribution in [3.63, 3.8) is 0 Å². The topological polar surface area (TPSA) is 97.1 Å². The van der Waals surface area contributed by atoms with E-state index in [0.29, 0.717) is 18.5 Å². The first-order chi connectivity index (χ1) is 14.3. The van der Waals surface area contributed by atoms with E-state index in [1.165, 1.54) is 0 Å². The van der Waals surface area contributed by atoms with Gasteiger partial charge in [0.05, 0.1) is 6.54 Å². The van der Waals surface area contributed by atoms with Crippen molar-refractivity contribution in [1.29, 1.82) is 0 Å². The van der Waals surface area contributed by atoms with E-state index >= 15 is 0 Å². The average molecular weight is 409 g/mol. The van der Waals surface area contributed by atoms with Crippen LogP contribution in [0.15, 0.2) is 36.5 Å². The highest BCUT2D eigenvalue weighted by molar-refractivity contribution is 5.96. The van der Waals surface area contributed by atoms with Crippen LogP contribution in [0.4, 0.5) is 0 Å². The molecule has 2 heterocycles. The molecule has 0 aliphatic rings. The zero-order valence-corrected chi connectivity index (χ0v) is 17.8. The standard InChI is InChI=1S/C23H28N4O3/c1-5-14(3)20(23(29)30)26-22(28)17-9-7-16(8-10-17)13-27-18(6-2)25-19-15(4)11-12-24-21(19)27/h7-12,14,20H,5-6,13H2,1-4H3,(H,26,28)(H,29,30)/t14-,20-/m0/s1. The highest BCUT2D eigenvalue weighted by Gasteiger charge is 2.25. The number of aryl methyl sites for hydroxylation is 2. The second-order valence-corrected chi connectivity index (χ2v) is 7.64. The van der Waals surface area contributed by atoms with Crippen molar-refractivity contribution in [2.24, 2.45) is 5.92 Å². The molecule has 3 rings (SSSR count). The van der Waals surface area contributed by atoms with Gasteiger partial charge in [0.1, 0.15) is 17.4 Å². The predicted molar refractivity (Wildman–Crippen MR) is 116 cm³/mol. The Kier molecular flexibility index (Phi) is 6.50. The maximum absolute atomic E-state index is 12.5. The molecule has 30 heavy (non-hydrogen) atoms. The molecule has 0 radical (unpaired) electrons. The largest absolute Gasteiger partial charge is 0.480 e. The summed E-state index contributed by atoms with van der Waals surface area (Å²) in [6.45, 7) is 8.41. The Morgan fingerprint density at radius 2 is 1.87 bits per heavy atom. The van der Waals surface area contributed by atoms with Gasteiger partial charge in [0.2, 0.25) is 0 Å².